The van der Waals surface area contributed by atoms with Gasteiger partial charge < -0.3 is 30.1 Å². The summed E-state index contributed by atoms with van der Waals surface area (Å²) in [5.74, 6) is 0. The molecule has 3 N–H and O–H groups in total. The number of hydrogen-bond acceptors (Lipinski definition) is 6. The molecule has 10 heavy (non-hydrogen) atoms. The topological polar surface area (TPSA) is 130 Å². The molecular weight excluding hydrogens is 176 g/mol. The molecule has 6 nitrogen and oxygen atoms in total. The summed E-state index contributed by atoms with van der Waals surface area (Å²) in [6, 6.07) is 0. The summed E-state index contributed by atoms with van der Waals surface area (Å²) in [4.78, 5) is 0. The van der Waals surface area contributed by atoms with E-state index in [0.29, 0.717) is 0 Å². The summed E-state index contributed by atoms with van der Waals surface area (Å²) >= 11 is 0. The molecule has 0 aliphatic carbocycles. The van der Waals surface area contributed by atoms with Crippen molar-refractivity contribution in [3.05, 3.63) is 0 Å². The van der Waals surface area contributed by atoms with Crippen molar-refractivity contribution in [3.63, 3.8) is 0 Å². The average Bonchev–Trinajstić information content (AvgIpc) is 1.25. The summed E-state index contributed by atoms with van der Waals surface area (Å²) in [5, 5.41) is 46.7. The molecule has 0 heterocycles. The summed E-state index contributed by atoms with van der Waals surface area (Å²) in [6.45, 7) is 0. The van der Waals surface area contributed by atoms with Gasteiger partial charge in [-0.05, 0) is 0 Å². The van der Waals surface area contributed by atoms with Crippen LogP contribution in [0.5, 0.6) is 0 Å². The van der Waals surface area contributed by atoms with Crippen molar-refractivity contribution < 1.29 is 30.1 Å². The first kappa shape index (κ1) is 22.4. The minimum absolute atomic E-state index is 0. The predicted octanol–water partition coefficient (Wildman–Crippen LogP) is -6.32. The Balaban J connectivity index is -0.0000000300. The fourth-order valence-corrected chi connectivity index (χ4v) is 0. The Hall–Kier alpha value is 0.852. The van der Waals surface area contributed by atoms with Gasteiger partial charge >= 0.3 is 24.7 Å². The zero-order chi connectivity index (χ0) is 7.15. The first-order valence-electron chi connectivity index (χ1n) is 1.48. The van der Waals surface area contributed by atoms with E-state index in [9.17, 15) is 0 Å². The molecule has 0 bridgehead atoms. The normalized spacial score (nSPS) is 5.40. The summed E-state index contributed by atoms with van der Waals surface area (Å²) < 4.78 is 0. The van der Waals surface area contributed by atoms with Crippen LogP contribution < -0.4 is 15.1 Å². The summed E-state index contributed by atoms with van der Waals surface area (Å²) in [6.07, 6.45) is 0. The minimum Gasteiger partial charge on any atom is -0.907 e. The van der Waals surface area contributed by atoms with Gasteiger partial charge in [0.05, 0.1) is 0 Å². The van der Waals surface area contributed by atoms with E-state index in [-0.39, 0.29) is 27.3 Å². The molecule has 0 aliphatic heterocycles. The molecule has 0 rings (SSSR count). The molecule has 56 valence electrons. The molecule has 0 aromatic rings. The van der Waals surface area contributed by atoms with Crippen molar-refractivity contribution in [2.45, 2.75) is 0 Å². The molecule has 1 unspecified atom stereocenters. The third-order valence-corrected chi connectivity index (χ3v) is 0. The van der Waals surface area contributed by atoms with E-state index in [1.54, 1.807) is 0 Å². The van der Waals surface area contributed by atoms with E-state index in [4.69, 9.17) is 30.1 Å². The van der Waals surface area contributed by atoms with Gasteiger partial charge in [-0.3, -0.25) is 7.32 Å². The molecule has 0 aromatic carbocycles. The SMILES string of the molecule is OB(O)O.P.[Al+3].[O-]B([O-])[O-]. The third-order valence-electron chi connectivity index (χ3n) is 0. The second kappa shape index (κ2) is 16.4. The van der Waals surface area contributed by atoms with Gasteiger partial charge in [-0.1, -0.05) is 0 Å². The fourth-order valence-electron chi connectivity index (χ4n) is 0. The van der Waals surface area contributed by atoms with Crippen molar-refractivity contribution in [1.29, 1.82) is 0 Å². The van der Waals surface area contributed by atoms with Gasteiger partial charge in [0.2, 0.25) is 0 Å². The van der Waals surface area contributed by atoms with Gasteiger partial charge in [0.25, 0.3) is 0 Å². The Bertz CT molecular complexity index is 31.2. The van der Waals surface area contributed by atoms with Crippen molar-refractivity contribution in [1.82, 2.24) is 0 Å². The Labute approximate surface area is 72.6 Å². The molecule has 10 heteroatoms. The smallest absolute Gasteiger partial charge is 0.907 e. The second-order valence-electron chi connectivity index (χ2n) is 0.635. The van der Waals surface area contributed by atoms with Gasteiger partial charge in [-0.15, -0.1) is 0 Å². The van der Waals surface area contributed by atoms with E-state index in [1.165, 1.54) is 0 Å². The van der Waals surface area contributed by atoms with E-state index >= 15 is 0 Å². The number of hydrogen-bond donors (Lipinski definition) is 3. The Kier molecular flexibility index (Phi) is 36.9. The van der Waals surface area contributed by atoms with Gasteiger partial charge in [-0.25, -0.2) is 0 Å². The van der Waals surface area contributed by atoms with Crippen LogP contribution in [0.15, 0.2) is 0 Å². The van der Waals surface area contributed by atoms with Crippen LogP contribution in [0, 0.1) is 0 Å². The summed E-state index contributed by atoms with van der Waals surface area (Å²) in [7, 11) is -5.08. The van der Waals surface area contributed by atoms with Crippen molar-refractivity contribution >= 4 is 41.9 Å². The molecule has 0 radical (unpaired) electrons. The molecule has 0 amide bonds. The van der Waals surface area contributed by atoms with Crippen LogP contribution >= 0.6 is 9.90 Å². The van der Waals surface area contributed by atoms with Crippen LogP contribution in [-0.2, 0) is 0 Å². The van der Waals surface area contributed by atoms with E-state index in [0.717, 1.165) is 0 Å². The fraction of sp³-hybridized carbons (Fsp3) is 0. The average molecular weight is 182 g/mol. The maximum absolute atomic E-state index is 8.42. The maximum Gasteiger partial charge on any atom is 3.00 e. The first-order valence-corrected chi connectivity index (χ1v) is 1.48. The molecule has 1 atom stereocenters. The zero-order valence-corrected chi connectivity index (χ0v) is 7.57. The molecule has 0 aromatic heterocycles. The third kappa shape index (κ3) is 751. The molecule has 0 aliphatic rings. The maximum atomic E-state index is 8.42. The van der Waals surface area contributed by atoms with Crippen molar-refractivity contribution in [2.24, 2.45) is 0 Å². The van der Waals surface area contributed by atoms with Crippen LogP contribution in [-0.4, -0.2) is 47.1 Å². The van der Waals surface area contributed by atoms with Gasteiger partial charge in [0, 0.05) is 0 Å². The van der Waals surface area contributed by atoms with Crippen LogP contribution in [0.3, 0.4) is 0 Å². The molecular formula is H6AlB2O6P. The Morgan fingerprint density at radius 2 is 0.900 bits per heavy atom. The Morgan fingerprint density at radius 3 is 0.900 bits per heavy atom. The first-order chi connectivity index (χ1) is 3.46. The largest absolute Gasteiger partial charge is 3.00 e. The predicted molar refractivity (Wildman–Crippen MR) is 35.0 cm³/mol. The van der Waals surface area contributed by atoms with E-state index in [2.05, 4.69) is 0 Å². The van der Waals surface area contributed by atoms with Gasteiger partial charge in [0.1, 0.15) is 0 Å². The van der Waals surface area contributed by atoms with Crippen LogP contribution in [0.1, 0.15) is 0 Å². The monoisotopic (exact) mass is 182 g/mol. The molecule has 0 fully saturated rings. The molecule has 0 saturated heterocycles. The quantitative estimate of drug-likeness (QED) is 0.252. The zero-order valence-electron chi connectivity index (χ0n) is 5.01. The standard InChI is InChI=1S/Al.BH3O3.BO3.H3P/c;2*2-1(3)4;/h;2-4H;;1H3/q+3;;-3;. The van der Waals surface area contributed by atoms with E-state index in [1.807, 2.05) is 0 Å². The molecule has 0 spiro atoms. The second-order valence-corrected chi connectivity index (χ2v) is 0.635. The molecule has 0 saturated carbocycles. The minimum atomic E-state index is -2.92. The van der Waals surface area contributed by atoms with Crippen LogP contribution in [0.4, 0.5) is 0 Å². The van der Waals surface area contributed by atoms with Gasteiger partial charge in [-0.2, -0.15) is 9.90 Å². The van der Waals surface area contributed by atoms with Crippen molar-refractivity contribution in [3.8, 4) is 0 Å². The van der Waals surface area contributed by atoms with Crippen LogP contribution in [0.2, 0.25) is 0 Å². The Morgan fingerprint density at radius 1 is 0.900 bits per heavy atom. The van der Waals surface area contributed by atoms with Crippen molar-refractivity contribution in [2.75, 3.05) is 0 Å². The van der Waals surface area contributed by atoms with Gasteiger partial charge in [0.15, 0.2) is 0 Å². The van der Waals surface area contributed by atoms with E-state index < -0.39 is 14.6 Å². The van der Waals surface area contributed by atoms with Crippen LogP contribution in [0.25, 0.3) is 0 Å². The summed E-state index contributed by atoms with van der Waals surface area (Å²) in [5.41, 5.74) is 0. The number of rotatable bonds is 0.